The smallest absolute Gasteiger partial charge is 0.330 e. The quantitative estimate of drug-likeness (QED) is 0.0552. The molecule has 0 radical (unpaired) electrons. The Hall–Kier alpha value is -6.09. The van der Waals surface area contributed by atoms with Crippen LogP contribution in [-0.4, -0.2) is 56.0 Å². The van der Waals surface area contributed by atoms with Crippen molar-refractivity contribution in [3.05, 3.63) is 151 Å². The molecule has 9 nitrogen and oxygen atoms in total. The van der Waals surface area contributed by atoms with Crippen LogP contribution < -0.4 is 14.2 Å². The average Bonchev–Trinajstić information content (AvgIpc) is 3.46. The van der Waals surface area contributed by atoms with Gasteiger partial charge in [-0.15, -0.1) is 0 Å². The van der Waals surface area contributed by atoms with Gasteiger partial charge in [0, 0.05) is 18.2 Å². The molecule has 0 aliphatic heterocycles. The second-order valence-electron chi connectivity index (χ2n) is 12.3. The lowest BCUT2D eigenvalue weighted by Gasteiger charge is -2.34. The lowest BCUT2D eigenvalue weighted by molar-refractivity contribution is -0.144. The zero-order chi connectivity index (χ0) is 37.3. The van der Waals surface area contributed by atoms with Crippen molar-refractivity contribution >= 4 is 17.9 Å². The maximum Gasteiger partial charge on any atom is 0.330 e. The van der Waals surface area contributed by atoms with Gasteiger partial charge in [0.25, 0.3) is 0 Å². The summed E-state index contributed by atoms with van der Waals surface area (Å²) in [5.41, 5.74) is 5.43. The highest BCUT2D eigenvalue weighted by Crippen LogP contribution is 2.56. The summed E-state index contributed by atoms with van der Waals surface area (Å²) in [4.78, 5) is 35.3. The maximum absolute atomic E-state index is 11.9. The molecule has 0 bridgehead atoms. The number of benzene rings is 4. The number of rotatable bonds is 17. The molecule has 4 aromatic carbocycles. The Morgan fingerprint density at radius 2 is 0.981 bits per heavy atom. The SMILES string of the molecule is C=CC(=O)OC(C)COc1ccc(C2(c3ccc(OCC(C)OC(=O)C=C)c(OCC(C)OC(=O)C=C)c3)c3ccccc3-c3ccccc32)cc1. The summed E-state index contributed by atoms with van der Waals surface area (Å²) in [6, 6.07) is 30.3. The molecule has 4 aromatic rings. The van der Waals surface area contributed by atoms with Gasteiger partial charge in [0.2, 0.25) is 0 Å². The number of fused-ring (bicyclic) bond motifs is 3. The van der Waals surface area contributed by atoms with E-state index in [1.807, 2.05) is 66.7 Å². The molecule has 1 aliphatic carbocycles. The molecule has 268 valence electrons. The normalized spacial score (nSPS) is 13.9. The fourth-order valence-corrected chi connectivity index (χ4v) is 6.27. The number of carbonyl (C=O) groups excluding carboxylic acids is 3. The summed E-state index contributed by atoms with van der Waals surface area (Å²) in [6.45, 7) is 15.8. The molecule has 0 saturated carbocycles. The van der Waals surface area contributed by atoms with E-state index in [0.717, 1.165) is 51.6 Å². The van der Waals surface area contributed by atoms with Crippen LogP contribution in [-0.2, 0) is 34.0 Å². The molecule has 0 aromatic heterocycles. The summed E-state index contributed by atoms with van der Waals surface area (Å²) in [7, 11) is 0. The summed E-state index contributed by atoms with van der Waals surface area (Å²) < 4.78 is 34.4. The molecule has 52 heavy (non-hydrogen) atoms. The van der Waals surface area contributed by atoms with Crippen molar-refractivity contribution in [2.75, 3.05) is 19.8 Å². The number of carbonyl (C=O) groups is 3. The van der Waals surface area contributed by atoms with Crippen molar-refractivity contribution in [2.45, 2.75) is 44.5 Å². The standard InChI is InChI=1S/C43H42O9/c1-7-40(44)50-28(4)25-47-33-21-18-31(19-22-33)43(36-16-12-10-14-34(36)35-15-11-13-17-37(35)43)32-20-23-38(48-26-29(5)51-41(45)8-2)39(24-32)49-27-30(6)52-42(46)9-3/h7-24,28-30H,1-3,25-27H2,4-6H3. The third-order valence-electron chi connectivity index (χ3n) is 8.50. The molecule has 1 aliphatic rings. The van der Waals surface area contributed by atoms with E-state index < -0.39 is 41.6 Å². The van der Waals surface area contributed by atoms with E-state index in [0.29, 0.717) is 17.2 Å². The average molecular weight is 703 g/mol. The first-order valence-corrected chi connectivity index (χ1v) is 16.9. The molecule has 3 unspecified atom stereocenters. The Bertz CT molecular complexity index is 1900. The second kappa shape index (κ2) is 16.7. The monoisotopic (exact) mass is 702 g/mol. The van der Waals surface area contributed by atoms with Crippen LogP contribution in [0.4, 0.5) is 0 Å². The third kappa shape index (κ3) is 8.10. The molecule has 5 rings (SSSR count). The summed E-state index contributed by atoms with van der Waals surface area (Å²) in [5, 5.41) is 0. The number of hydrogen-bond acceptors (Lipinski definition) is 9. The van der Waals surface area contributed by atoms with Crippen LogP contribution in [0.2, 0.25) is 0 Å². The van der Waals surface area contributed by atoms with Gasteiger partial charge in [-0.25, -0.2) is 14.4 Å². The van der Waals surface area contributed by atoms with Crippen molar-refractivity contribution in [3.8, 4) is 28.4 Å². The zero-order valence-corrected chi connectivity index (χ0v) is 29.5. The van der Waals surface area contributed by atoms with E-state index >= 15 is 0 Å². The van der Waals surface area contributed by atoms with Gasteiger partial charge in [-0.3, -0.25) is 0 Å². The first kappa shape index (κ1) is 37.2. The van der Waals surface area contributed by atoms with Crippen molar-refractivity contribution in [3.63, 3.8) is 0 Å². The van der Waals surface area contributed by atoms with Crippen molar-refractivity contribution < 1.29 is 42.8 Å². The van der Waals surface area contributed by atoms with E-state index in [-0.39, 0.29) is 19.8 Å². The fraction of sp³-hybridized carbons (Fsp3) is 0.233. The Labute approximate surface area is 304 Å². The lowest BCUT2D eigenvalue weighted by atomic mass is 9.67. The van der Waals surface area contributed by atoms with Crippen LogP contribution in [0.3, 0.4) is 0 Å². The Morgan fingerprint density at radius 3 is 1.46 bits per heavy atom. The topological polar surface area (TPSA) is 107 Å². The van der Waals surface area contributed by atoms with Gasteiger partial charge in [-0.05, 0) is 78.4 Å². The molecule has 0 spiro atoms. The summed E-state index contributed by atoms with van der Waals surface area (Å²) >= 11 is 0. The summed E-state index contributed by atoms with van der Waals surface area (Å²) in [6.07, 6.45) is 1.70. The van der Waals surface area contributed by atoms with Crippen LogP contribution in [0.25, 0.3) is 11.1 Å². The molecule has 3 atom stereocenters. The van der Waals surface area contributed by atoms with Crippen molar-refractivity contribution in [1.82, 2.24) is 0 Å². The number of ether oxygens (including phenoxy) is 6. The molecule has 0 fully saturated rings. The fourth-order valence-electron chi connectivity index (χ4n) is 6.27. The van der Waals surface area contributed by atoms with Crippen LogP contribution in [0.1, 0.15) is 43.0 Å². The zero-order valence-electron chi connectivity index (χ0n) is 29.5. The summed E-state index contributed by atoms with van der Waals surface area (Å²) in [5.74, 6) is -0.185. The number of hydrogen-bond donors (Lipinski definition) is 0. The van der Waals surface area contributed by atoms with Gasteiger partial charge in [0.1, 0.15) is 43.9 Å². The highest BCUT2D eigenvalue weighted by Gasteiger charge is 2.46. The second-order valence-corrected chi connectivity index (χ2v) is 12.3. The molecular weight excluding hydrogens is 660 g/mol. The minimum atomic E-state index is -0.789. The van der Waals surface area contributed by atoms with Gasteiger partial charge in [-0.2, -0.15) is 0 Å². The maximum atomic E-state index is 11.9. The number of esters is 3. The van der Waals surface area contributed by atoms with E-state index in [1.54, 1.807) is 20.8 Å². The predicted molar refractivity (Wildman–Crippen MR) is 197 cm³/mol. The molecule has 0 heterocycles. The highest BCUT2D eigenvalue weighted by atomic mass is 16.6. The highest BCUT2D eigenvalue weighted by molar-refractivity contribution is 5.86. The lowest BCUT2D eigenvalue weighted by Crippen LogP contribution is -2.29. The molecule has 9 heteroatoms. The first-order valence-electron chi connectivity index (χ1n) is 16.9. The van der Waals surface area contributed by atoms with E-state index in [4.69, 9.17) is 28.4 Å². The predicted octanol–water partition coefficient (Wildman–Crippen LogP) is 7.54. The third-order valence-corrected chi connectivity index (χ3v) is 8.50. The van der Waals surface area contributed by atoms with Gasteiger partial charge < -0.3 is 28.4 Å². The van der Waals surface area contributed by atoms with Gasteiger partial charge in [0.05, 0.1) is 5.41 Å². The van der Waals surface area contributed by atoms with Crippen LogP contribution >= 0.6 is 0 Å². The first-order chi connectivity index (χ1) is 25.1. The van der Waals surface area contributed by atoms with E-state index in [1.165, 1.54) is 0 Å². The van der Waals surface area contributed by atoms with Crippen LogP contribution in [0.15, 0.2) is 129 Å². The van der Waals surface area contributed by atoms with E-state index in [9.17, 15) is 14.4 Å². The van der Waals surface area contributed by atoms with Crippen molar-refractivity contribution in [2.24, 2.45) is 0 Å². The van der Waals surface area contributed by atoms with Gasteiger partial charge in [-0.1, -0.05) is 86.5 Å². The Morgan fingerprint density at radius 1 is 0.558 bits per heavy atom. The van der Waals surface area contributed by atoms with Crippen molar-refractivity contribution in [1.29, 1.82) is 0 Å². The van der Waals surface area contributed by atoms with E-state index in [2.05, 4.69) is 44.0 Å². The molecule has 0 N–H and O–H groups in total. The largest absolute Gasteiger partial charge is 0.490 e. The Kier molecular flexibility index (Phi) is 12.0. The van der Waals surface area contributed by atoms with Crippen LogP contribution in [0, 0.1) is 0 Å². The van der Waals surface area contributed by atoms with Gasteiger partial charge >= 0.3 is 17.9 Å². The molecule has 0 saturated heterocycles. The minimum absolute atomic E-state index is 0.0349. The Balaban J connectivity index is 1.59. The molecular formula is C43H42O9. The molecule has 0 amide bonds. The van der Waals surface area contributed by atoms with Crippen LogP contribution in [0.5, 0.6) is 17.2 Å². The minimum Gasteiger partial charge on any atom is -0.490 e. The van der Waals surface area contributed by atoms with Gasteiger partial charge in [0.15, 0.2) is 11.5 Å².